The maximum atomic E-state index is 14.3. The lowest BCUT2D eigenvalue weighted by Crippen LogP contribution is -2.23. The molecule has 5 aromatic rings. The molecule has 3 aromatic carbocycles. The molecule has 0 fully saturated rings. The number of carbonyl (C=O) groups excluding carboxylic acids is 2. The molecule has 0 spiro atoms. The van der Waals surface area contributed by atoms with Crippen molar-refractivity contribution in [1.82, 2.24) is 14.0 Å². The van der Waals surface area contributed by atoms with Crippen LogP contribution in [0, 0.1) is 0 Å². The molecule has 220 valence electrons. The summed E-state index contributed by atoms with van der Waals surface area (Å²) in [6, 6.07) is 16.0. The van der Waals surface area contributed by atoms with E-state index in [1.807, 2.05) is 6.92 Å². The molecule has 5 rings (SSSR count). The van der Waals surface area contributed by atoms with Gasteiger partial charge in [0.2, 0.25) is 17.6 Å². The summed E-state index contributed by atoms with van der Waals surface area (Å²) in [5.74, 6) is -0.456. The number of halogens is 3. The van der Waals surface area contributed by atoms with Crippen LogP contribution in [-0.2, 0) is 28.7 Å². The van der Waals surface area contributed by atoms with Crippen molar-refractivity contribution in [3.8, 4) is 16.9 Å². The van der Waals surface area contributed by atoms with E-state index in [1.54, 1.807) is 42.5 Å². The summed E-state index contributed by atoms with van der Waals surface area (Å²) < 4.78 is 47.4. The van der Waals surface area contributed by atoms with Crippen LogP contribution in [0.4, 0.5) is 24.5 Å². The number of methoxy groups -OCH3 is 1. The van der Waals surface area contributed by atoms with Gasteiger partial charge in [0.25, 0.3) is 5.56 Å². The number of nitrogens with zero attached hydrogens (tertiary/aromatic N) is 3. The minimum Gasteiger partial charge on any atom is -0.494 e. The standard InChI is InChI=1S/C31H26F3N5O4/c1-4-21-27(20-9-6-7-10-22(20)36-25(40)5-2)29(42)39-23-11-8-12-24(43-3)28(23)38(30(39)37-21)17-26(41)35-19-15-13-18(14-16-19)31(32,33)34/h5-16H,2,4,17H2,1,3H3,(H,35,41)(H,36,40). The molecule has 0 atom stereocenters. The number of anilines is 2. The van der Waals surface area contributed by atoms with Gasteiger partial charge in [-0.1, -0.05) is 37.8 Å². The molecule has 0 aliphatic carbocycles. The highest BCUT2D eigenvalue weighted by molar-refractivity contribution is 6.02. The van der Waals surface area contributed by atoms with Crippen LogP contribution >= 0.6 is 0 Å². The Morgan fingerprint density at radius 1 is 1.02 bits per heavy atom. The Bertz CT molecular complexity index is 1940. The molecule has 0 saturated carbocycles. The van der Waals surface area contributed by atoms with Crippen molar-refractivity contribution in [2.45, 2.75) is 26.1 Å². The van der Waals surface area contributed by atoms with E-state index in [2.05, 4.69) is 17.2 Å². The van der Waals surface area contributed by atoms with Crippen LogP contribution in [0.3, 0.4) is 0 Å². The Morgan fingerprint density at radius 2 is 1.74 bits per heavy atom. The van der Waals surface area contributed by atoms with Gasteiger partial charge in [0.1, 0.15) is 17.8 Å². The predicted octanol–water partition coefficient (Wildman–Crippen LogP) is 5.67. The van der Waals surface area contributed by atoms with Crippen molar-refractivity contribution < 1.29 is 27.5 Å². The van der Waals surface area contributed by atoms with E-state index in [-0.39, 0.29) is 23.6 Å². The second-order valence-electron chi connectivity index (χ2n) is 9.50. The molecule has 0 radical (unpaired) electrons. The van der Waals surface area contributed by atoms with E-state index >= 15 is 0 Å². The lowest BCUT2D eigenvalue weighted by atomic mass is 10.0. The first-order valence-electron chi connectivity index (χ1n) is 13.2. The third-order valence-corrected chi connectivity index (χ3v) is 6.86. The monoisotopic (exact) mass is 589 g/mol. The predicted molar refractivity (Wildman–Crippen MR) is 157 cm³/mol. The topological polar surface area (TPSA) is 107 Å². The normalized spacial score (nSPS) is 11.5. The maximum absolute atomic E-state index is 14.3. The fourth-order valence-corrected chi connectivity index (χ4v) is 4.93. The Hall–Kier alpha value is -5.39. The number of ether oxygens (including phenoxy) is 1. The van der Waals surface area contributed by atoms with Gasteiger partial charge in [-0.15, -0.1) is 0 Å². The second kappa shape index (κ2) is 11.5. The molecule has 12 heteroatoms. The van der Waals surface area contributed by atoms with Crippen molar-refractivity contribution in [3.63, 3.8) is 0 Å². The van der Waals surface area contributed by atoms with Gasteiger partial charge in [-0.2, -0.15) is 13.2 Å². The summed E-state index contributed by atoms with van der Waals surface area (Å²) >= 11 is 0. The summed E-state index contributed by atoms with van der Waals surface area (Å²) in [5.41, 5.74) is 1.31. The number of fused-ring (bicyclic) bond motifs is 3. The van der Waals surface area contributed by atoms with Gasteiger partial charge in [-0.25, -0.2) is 9.38 Å². The average Bonchev–Trinajstić information content (AvgIpc) is 3.30. The van der Waals surface area contributed by atoms with Crippen LogP contribution in [0.5, 0.6) is 5.75 Å². The highest BCUT2D eigenvalue weighted by Crippen LogP contribution is 2.33. The molecule has 2 aromatic heterocycles. The zero-order valence-electron chi connectivity index (χ0n) is 23.2. The number of benzene rings is 3. The number of carbonyl (C=O) groups is 2. The zero-order valence-corrected chi connectivity index (χ0v) is 23.2. The lowest BCUT2D eigenvalue weighted by molar-refractivity contribution is -0.137. The zero-order chi connectivity index (χ0) is 30.9. The van der Waals surface area contributed by atoms with Gasteiger partial charge >= 0.3 is 6.18 Å². The third kappa shape index (κ3) is 5.46. The highest BCUT2D eigenvalue weighted by Gasteiger charge is 2.30. The number of imidazole rings is 1. The van der Waals surface area contributed by atoms with E-state index in [4.69, 9.17) is 9.72 Å². The summed E-state index contributed by atoms with van der Waals surface area (Å²) in [6.07, 6.45) is -3.03. The fraction of sp³-hybridized carbons (Fsp3) is 0.161. The third-order valence-electron chi connectivity index (χ3n) is 6.86. The van der Waals surface area contributed by atoms with E-state index < -0.39 is 29.1 Å². The number of hydrogen-bond acceptors (Lipinski definition) is 5. The number of alkyl halides is 3. The minimum absolute atomic E-state index is 0.167. The first kappa shape index (κ1) is 29.1. The van der Waals surface area contributed by atoms with E-state index in [9.17, 15) is 27.6 Å². The molecule has 2 amide bonds. The Kier molecular flexibility index (Phi) is 7.77. The first-order chi connectivity index (χ1) is 20.6. The molecule has 0 bridgehead atoms. The summed E-state index contributed by atoms with van der Waals surface area (Å²) in [5, 5.41) is 5.34. The SMILES string of the molecule is C=CC(=O)Nc1ccccc1-c1c(CC)nc2n(CC(=O)Nc3ccc(C(F)(F)F)cc3)c3c(OC)cccc3n2c1=O. The van der Waals surface area contributed by atoms with E-state index in [0.29, 0.717) is 40.1 Å². The summed E-state index contributed by atoms with van der Waals surface area (Å²) in [7, 11) is 1.46. The molecular formula is C31H26F3N5O4. The second-order valence-corrected chi connectivity index (χ2v) is 9.50. The van der Waals surface area contributed by atoms with Crippen molar-refractivity contribution in [1.29, 1.82) is 0 Å². The number of aromatic nitrogens is 3. The number of para-hydroxylation sites is 2. The maximum Gasteiger partial charge on any atom is 0.416 e. The van der Waals surface area contributed by atoms with Crippen LogP contribution in [0.25, 0.3) is 27.9 Å². The van der Waals surface area contributed by atoms with Crippen LogP contribution in [0.2, 0.25) is 0 Å². The smallest absolute Gasteiger partial charge is 0.416 e. The van der Waals surface area contributed by atoms with Crippen molar-refractivity contribution in [3.05, 3.63) is 101 Å². The molecule has 2 heterocycles. The van der Waals surface area contributed by atoms with Gasteiger partial charge in [0.05, 0.1) is 29.4 Å². The molecule has 0 saturated heterocycles. The molecule has 43 heavy (non-hydrogen) atoms. The Morgan fingerprint density at radius 3 is 2.40 bits per heavy atom. The Balaban J connectivity index is 1.67. The number of rotatable bonds is 8. The van der Waals surface area contributed by atoms with Crippen molar-refractivity contribution >= 4 is 40.0 Å². The molecule has 0 aliphatic heterocycles. The van der Waals surface area contributed by atoms with Gasteiger partial charge < -0.3 is 15.4 Å². The largest absolute Gasteiger partial charge is 0.494 e. The quantitative estimate of drug-likeness (QED) is 0.227. The number of aryl methyl sites for hydroxylation is 1. The van der Waals surface area contributed by atoms with Gasteiger partial charge in [0.15, 0.2) is 0 Å². The number of nitrogens with one attached hydrogen (secondary N) is 2. The van der Waals surface area contributed by atoms with Crippen molar-refractivity contribution in [2.24, 2.45) is 0 Å². The van der Waals surface area contributed by atoms with Crippen LogP contribution in [0.15, 0.2) is 84.2 Å². The summed E-state index contributed by atoms with van der Waals surface area (Å²) in [6.45, 7) is 4.99. The van der Waals surface area contributed by atoms with Crippen LogP contribution < -0.4 is 20.9 Å². The van der Waals surface area contributed by atoms with Crippen LogP contribution in [0.1, 0.15) is 18.2 Å². The van der Waals surface area contributed by atoms with Gasteiger partial charge in [-0.3, -0.25) is 19.0 Å². The van der Waals surface area contributed by atoms with Crippen molar-refractivity contribution in [2.75, 3.05) is 17.7 Å². The molecule has 2 N–H and O–H groups in total. The summed E-state index contributed by atoms with van der Waals surface area (Å²) in [4.78, 5) is 44.4. The molecule has 0 unspecified atom stereocenters. The minimum atomic E-state index is -4.51. The van der Waals surface area contributed by atoms with E-state index in [1.165, 1.54) is 28.2 Å². The number of hydrogen-bond donors (Lipinski definition) is 2. The lowest BCUT2D eigenvalue weighted by Gasteiger charge is -2.14. The van der Waals surface area contributed by atoms with Gasteiger partial charge in [0, 0.05) is 16.9 Å². The molecule has 0 aliphatic rings. The average molecular weight is 590 g/mol. The highest BCUT2D eigenvalue weighted by atomic mass is 19.4. The Labute approximate surface area is 243 Å². The van der Waals surface area contributed by atoms with E-state index in [0.717, 1.165) is 18.2 Å². The number of amides is 2. The molecule has 9 nitrogen and oxygen atoms in total. The fourth-order valence-electron chi connectivity index (χ4n) is 4.93. The van der Waals surface area contributed by atoms with Crippen LogP contribution in [-0.4, -0.2) is 32.9 Å². The first-order valence-corrected chi connectivity index (χ1v) is 13.2. The molecular weight excluding hydrogens is 563 g/mol. The van der Waals surface area contributed by atoms with Gasteiger partial charge in [-0.05, 0) is 55.0 Å².